The SMILES string of the molecule is CCCCCP(=O)(ONCCNCCN)OC1CC(C)(C)N(O)C(C)(C)C1. The molecule has 0 spiro atoms. The van der Waals surface area contributed by atoms with Crippen molar-refractivity contribution in [2.24, 2.45) is 5.73 Å². The zero-order valence-electron chi connectivity index (χ0n) is 17.8. The topological polar surface area (TPSA) is 109 Å². The second-order valence-corrected chi connectivity index (χ2v) is 10.7. The molecule has 1 aliphatic heterocycles. The Kier molecular flexibility index (Phi) is 10.4. The predicted octanol–water partition coefficient (Wildman–Crippen LogP) is 2.87. The summed E-state index contributed by atoms with van der Waals surface area (Å²) in [6.07, 6.45) is 4.16. The average Bonchev–Trinajstić information content (AvgIpc) is 2.55. The monoisotopic (exact) mass is 408 g/mol. The summed E-state index contributed by atoms with van der Waals surface area (Å²) in [5.41, 5.74) is 7.32. The van der Waals surface area contributed by atoms with Gasteiger partial charge in [0.25, 0.3) is 0 Å². The van der Waals surface area contributed by atoms with Crippen LogP contribution in [0.4, 0.5) is 0 Å². The summed E-state index contributed by atoms with van der Waals surface area (Å²) >= 11 is 0. The average molecular weight is 409 g/mol. The number of piperidine rings is 1. The van der Waals surface area contributed by atoms with Crippen LogP contribution in [0.5, 0.6) is 0 Å². The molecular formula is C18H41N4O4P. The van der Waals surface area contributed by atoms with Crippen molar-refractivity contribution in [3.8, 4) is 0 Å². The molecule has 162 valence electrons. The third-order valence-corrected chi connectivity index (χ3v) is 6.77. The van der Waals surface area contributed by atoms with Crippen molar-refractivity contribution in [1.82, 2.24) is 15.9 Å². The van der Waals surface area contributed by atoms with E-state index in [4.69, 9.17) is 14.9 Å². The van der Waals surface area contributed by atoms with Gasteiger partial charge in [-0.05, 0) is 47.0 Å². The van der Waals surface area contributed by atoms with Crippen LogP contribution >= 0.6 is 7.60 Å². The summed E-state index contributed by atoms with van der Waals surface area (Å²) in [6, 6.07) is 0. The largest absolute Gasteiger partial charge is 0.347 e. The van der Waals surface area contributed by atoms with Crippen LogP contribution in [0.25, 0.3) is 0 Å². The zero-order valence-corrected chi connectivity index (χ0v) is 18.7. The van der Waals surface area contributed by atoms with E-state index in [0.29, 0.717) is 38.6 Å². The molecule has 1 unspecified atom stereocenters. The maximum absolute atomic E-state index is 13.3. The highest BCUT2D eigenvalue weighted by molar-refractivity contribution is 7.53. The second-order valence-electron chi connectivity index (χ2n) is 8.64. The highest BCUT2D eigenvalue weighted by Crippen LogP contribution is 2.52. The first-order chi connectivity index (χ1) is 12.6. The minimum atomic E-state index is -3.27. The van der Waals surface area contributed by atoms with Gasteiger partial charge in [-0.1, -0.05) is 19.8 Å². The minimum absolute atomic E-state index is 0.233. The maximum atomic E-state index is 13.3. The smallest absolute Gasteiger partial charge is 0.329 e. The summed E-state index contributed by atoms with van der Waals surface area (Å²) in [5, 5.41) is 15.0. The fourth-order valence-corrected chi connectivity index (χ4v) is 5.41. The van der Waals surface area contributed by atoms with E-state index < -0.39 is 18.7 Å². The van der Waals surface area contributed by atoms with Crippen molar-refractivity contribution in [2.75, 3.05) is 32.3 Å². The fraction of sp³-hybridized carbons (Fsp3) is 1.00. The number of nitrogens with one attached hydrogen (secondary N) is 2. The highest BCUT2D eigenvalue weighted by atomic mass is 31.2. The Morgan fingerprint density at radius 2 is 1.78 bits per heavy atom. The summed E-state index contributed by atoms with van der Waals surface area (Å²) in [4.78, 5) is 0. The Morgan fingerprint density at radius 3 is 2.33 bits per heavy atom. The van der Waals surface area contributed by atoms with E-state index in [0.717, 1.165) is 25.8 Å². The van der Waals surface area contributed by atoms with Crippen LogP contribution in [0.3, 0.4) is 0 Å². The quantitative estimate of drug-likeness (QED) is 0.209. The number of hydrogen-bond donors (Lipinski definition) is 4. The Morgan fingerprint density at radius 1 is 1.15 bits per heavy atom. The lowest BCUT2D eigenvalue weighted by atomic mass is 9.80. The van der Waals surface area contributed by atoms with Crippen molar-refractivity contribution in [1.29, 1.82) is 0 Å². The number of unbranched alkanes of at least 4 members (excludes halogenated alkanes) is 2. The third kappa shape index (κ3) is 8.46. The normalized spacial score (nSPS) is 22.6. The summed E-state index contributed by atoms with van der Waals surface area (Å²) < 4.78 is 24.9. The van der Waals surface area contributed by atoms with Gasteiger partial charge < -0.3 is 20.8 Å². The molecular weight excluding hydrogens is 367 g/mol. The van der Waals surface area contributed by atoms with Crippen LogP contribution in [-0.4, -0.2) is 59.8 Å². The van der Waals surface area contributed by atoms with Gasteiger partial charge >= 0.3 is 7.60 Å². The van der Waals surface area contributed by atoms with Gasteiger partial charge in [0, 0.05) is 37.3 Å². The molecule has 27 heavy (non-hydrogen) atoms. The molecule has 0 aliphatic carbocycles. The van der Waals surface area contributed by atoms with Gasteiger partial charge in [-0.25, -0.2) is 4.62 Å². The lowest BCUT2D eigenvalue weighted by Gasteiger charge is -2.51. The minimum Gasteiger partial charge on any atom is -0.329 e. The van der Waals surface area contributed by atoms with Gasteiger partial charge in [-0.3, -0.25) is 4.57 Å². The highest BCUT2D eigenvalue weighted by Gasteiger charge is 2.47. The number of hydroxylamine groups is 3. The molecule has 1 atom stereocenters. The van der Waals surface area contributed by atoms with Crippen molar-refractivity contribution < 1.29 is 18.9 Å². The Hall–Kier alpha value is -0.0500. The lowest BCUT2D eigenvalue weighted by Crippen LogP contribution is -2.60. The van der Waals surface area contributed by atoms with Gasteiger partial charge in [0.2, 0.25) is 0 Å². The van der Waals surface area contributed by atoms with E-state index in [1.54, 1.807) is 0 Å². The van der Waals surface area contributed by atoms with E-state index in [1.165, 1.54) is 5.06 Å². The molecule has 5 N–H and O–H groups in total. The standard InChI is InChI=1S/C18H41N4O4P/c1-6-7-8-13-27(24,26-21-12-11-20-10-9-19)25-16-14-17(2,3)22(23)18(4,5)15-16/h16,20-21,23H,6-15,19H2,1-5H3. The van der Waals surface area contributed by atoms with Crippen molar-refractivity contribution in [3.63, 3.8) is 0 Å². The van der Waals surface area contributed by atoms with Crippen molar-refractivity contribution in [2.45, 2.75) is 83.9 Å². The molecule has 9 heteroatoms. The first kappa shape index (κ1) is 25.0. The number of nitrogens with zero attached hydrogens (tertiary/aromatic N) is 1. The molecule has 1 aliphatic rings. The van der Waals surface area contributed by atoms with Crippen LogP contribution in [0.1, 0.15) is 66.7 Å². The third-order valence-electron chi connectivity index (χ3n) is 4.87. The first-order valence-electron chi connectivity index (χ1n) is 10.2. The van der Waals surface area contributed by atoms with Gasteiger partial charge in [-0.2, -0.15) is 10.5 Å². The first-order valence-corrected chi connectivity index (χ1v) is 11.9. The molecule has 0 saturated carbocycles. The van der Waals surface area contributed by atoms with Crippen molar-refractivity contribution >= 4 is 7.60 Å². The fourth-order valence-electron chi connectivity index (χ4n) is 3.67. The molecule has 0 amide bonds. The molecule has 1 fully saturated rings. The lowest BCUT2D eigenvalue weighted by molar-refractivity contribution is -0.255. The molecule has 0 bridgehead atoms. The van der Waals surface area contributed by atoms with Crippen LogP contribution < -0.4 is 16.5 Å². The van der Waals surface area contributed by atoms with Crippen LogP contribution in [0.15, 0.2) is 0 Å². The van der Waals surface area contributed by atoms with Crippen molar-refractivity contribution in [3.05, 3.63) is 0 Å². The van der Waals surface area contributed by atoms with E-state index in [-0.39, 0.29) is 6.10 Å². The van der Waals surface area contributed by atoms with E-state index in [9.17, 15) is 9.77 Å². The van der Waals surface area contributed by atoms with E-state index >= 15 is 0 Å². The number of rotatable bonds is 13. The molecule has 0 aromatic rings. The van der Waals surface area contributed by atoms with E-state index in [2.05, 4.69) is 17.7 Å². The molecule has 8 nitrogen and oxygen atoms in total. The molecule has 0 aromatic heterocycles. The van der Waals surface area contributed by atoms with Crippen LogP contribution in [-0.2, 0) is 13.7 Å². The maximum Gasteiger partial charge on any atom is 0.347 e. The summed E-state index contributed by atoms with van der Waals surface area (Å²) in [6.45, 7) is 12.5. The molecule has 0 radical (unpaired) electrons. The number of nitrogens with two attached hydrogens (primary N) is 1. The van der Waals surface area contributed by atoms with Gasteiger partial charge in [0.05, 0.1) is 12.3 Å². The van der Waals surface area contributed by atoms with Gasteiger partial charge in [0.1, 0.15) is 0 Å². The Labute approximate surface area is 165 Å². The molecule has 1 rings (SSSR count). The van der Waals surface area contributed by atoms with Crippen LogP contribution in [0.2, 0.25) is 0 Å². The van der Waals surface area contributed by atoms with Gasteiger partial charge in [0.15, 0.2) is 0 Å². The zero-order chi connectivity index (χ0) is 20.6. The van der Waals surface area contributed by atoms with Crippen LogP contribution in [0, 0.1) is 0 Å². The molecule has 1 heterocycles. The molecule has 1 saturated heterocycles. The number of hydrogen-bond acceptors (Lipinski definition) is 8. The Bertz CT molecular complexity index is 458. The second kappa shape index (κ2) is 11.2. The predicted molar refractivity (Wildman–Crippen MR) is 109 cm³/mol. The van der Waals surface area contributed by atoms with Gasteiger partial charge in [-0.15, -0.1) is 0 Å². The molecule has 0 aromatic carbocycles. The summed E-state index contributed by atoms with van der Waals surface area (Å²) in [5.74, 6) is 0. The van der Waals surface area contributed by atoms with E-state index in [1.807, 2.05) is 27.7 Å². The summed E-state index contributed by atoms with van der Waals surface area (Å²) in [7, 11) is -3.27. The Balaban J connectivity index is 2.68.